The largest absolute Gasteiger partial charge is 0.437 e. The number of aromatic nitrogens is 2. The van der Waals surface area contributed by atoms with Crippen molar-refractivity contribution in [3.8, 4) is 11.6 Å². The molecule has 4 nitrogen and oxygen atoms in total. The highest BCUT2D eigenvalue weighted by Crippen LogP contribution is 2.36. The van der Waals surface area contributed by atoms with Crippen LogP contribution in [0.3, 0.4) is 0 Å². The predicted octanol–water partition coefficient (Wildman–Crippen LogP) is 6.07. The van der Waals surface area contributed by atoms with Crippen LogP contribution in [-0.2, 0) is 4.79 Å². The van der Waals surface area contributed by atoms with Crippen LogP contribution >= 0.6 is 22.9 Å². The summed E-state index contributed by atoms with van der Waals surface area (Å²) in [4.78, 5) is 19.9. The van der Waals surface area contributed by atoms with Gasteiger partial charge in [0.2, 0.25) is 5.88 Å². The zero-order valence-electron chi connectivity index (χ0n) is 14.8. The van der Waals surface area contributed by atoms with Crippen LogP contribution in [0.25, 0.3) is 16.3 Å². The zero-order chi connectivity index (χ0) is 18.7. The minimum Gasteiger partial charge on any atom is -0.437 e. The van der Waals surface area contributed by atoms with Crippen molar-refractivity contribution < 1.29 is 9.53 Å². The van der Waals surface area contributed by atoms with Crippen LogP contribution in [0.2, 0.25) is 5.02 Å². The number of thiazole rings is 1. The molecule has 0 amide bonds. The van der Waals surface area contributed by atoms with E-state index in [0.717, 1.165) is 20.8 Å². The molecule has 0 radical (unpaired) electrons. The van der Waals surface area contributed by atoms with Crippen molar-refractivity contribution in [2.75, 3.05) is 0 Å². The lowest BCUT2D eigenvalue weighted by Crippen LogP contribution is -1.97. The minimum absolute atomic E-state index is 0.188. The highest BCUT2D eigenvalue weighted by Gasteiger charge is 2.12. The van der Waals surface area contributed by atoms with Crippen LogP contribution in [0.1, 0.15) is 30.8 Å². The van der Waals surface area contributed by atoms with Gasteiger partial charge in [0, 0.05) is 18.7 Å². The van der Waals surface area contributed by atoms with Crippen LogP contribution < -0.4 is 4.74 Å². The van der Waals surface area contributed by atoms with E-state index >= 15 is 0 Å². The number of rotatable bonds is 6. The first kappa shape index (κ1) is 18.5. The van der Waals surface area contributed by atoms with Gasteiger partial charge in [-0.2, -0.15) is 0 Å². The number of fused-ring (bicyclic) bond motifs is 1. The van der Waals surface area contributed by atoms with Gasteiger partial charge in [0.25, 0.3) is 0 Å². The molecule has 0 fully saturated rings. The van der Waals surface area contributed by atoms with Crippen LogP contribution in [0.4, 0.5) is 0 Å². The summed E-state index contributed by atoms with van der Waals surface area (Å²) in [6, 6.07) is 7.50. The molecule has 0 N–H and O–H groups in total. The second-order valence-electron chi connectivity index (χ2n) is 6.23. The van der Waals surface area contributed by atoms with Gasteiger partial charge in [0.15, 0.2) is 0 Å². The Labute approximate surface area is 161 Å². The molecule has 26 heavy (non-hydrogen) atoms. The Morgan fingerprint density at radius 2 is 2.15 bits per heavy atom. The third-order valence-corrected chi connectivity index (χ3v) is 5.07. The predicted molar refractivity (Wildman–Crippen MR) is 107 cm³/mol. The molecule has 0 saturated heterocycles. The number of nitrogens with zero attached hydrogens (tertiary/aromatic N) is 2. The number of allylic oxidation sites excluding steroid dienone is 1. The summed E-state index contributed by atoms with van der Waals surface area (Å²) < 4.78 is 6.85. The molecule has 134 valence electrons. The van der Waals surface area contributed by atoms with Gasteiger partial charge in [-0.1, -0.05) is 30.7 Å². The third-order valence-electron chi connectivity index (χ3n) is 3.77. The third kappa shape index (κ3) is 4.48. The first-order chi connectivity index (χ1) is 12.4. The van der Waals surface area contributed by atoms with Crippen LogP contribution in [0, 0.1) is 12.8 Å². The Hall–Kier alpha value is -2.24. The van der Waals surface area contributed by atoms with Crippen molar-refractivity contribution in [3.63, 3.8) is 0 Å². The summed E-state index contributed by atoms with van der Waals surface area (Å²) >= 11 is 8.01. The number of pyridine rings is 1. The van der Waals surface area contributed by atoms with Crippen molar-refractivity contribution in [2.24, 2.45) is 5.92 Å². The van der Waals surface area contributed by atoms with Crippen LogP contribution in [0.5, 0.6) is 11.6 Å². The number of hydrogen-bond acceptors (Lipinski definition) is 5. The molecule has 0 bridgehead atoms. The molecule has 2 aromatic heterocycles. The van der Waals surface area contributed by atoms with Gasteiger partial charge in [-0.05, 0) is 43.5 Å². The molecular weight excluding hydrogens is 368 g/mol. The first-order valence-electron chi connectivity index (χ1n) is 8.29. The lowest BCUT2D eigenvalue weighted by molar-refractivity contribution is -0.117. The Morgan fingerprint density at radius 3 is 2.85 bits per heavy atom. The number of hydrogen-bond donors (Lipinski definition) is 0. The van der Waals surface area contributed by atoms with Crippen molar-refractivity contribution in [2.45, 2.75) is 27.2 Å². The van der Waals surface area contributed by atoms with Gasteiger partial charge in [0.05, 0.1) is 9.71 Å². The molecule has 3 rings (SSSR count). The van der Waals surface area contributed by atoms with Crippen molar-refractivity contribution in [1.82, 2.24) is 9.97 Å². The number of Topliss-reactive ketones (excluding diaryl/α,β-unsaturated/α-hetero) is 1. The fraction of sp³-hybridized carbons (Fsp3) is 0.250. The Bertz CT molecular complexity index is 964. The van der Waals surface area contributed by atoms with Crippen molar-refractivity contribution >= 4 is 45.0 Å². The Kier molecular flexibility index (Phi) is 5.69. The van der Waals surface area contributed by atoms with Gasteiger partial charge < -0.3 is 9.53 Å². The average Bonchev–Trinajstić information content (AvgIpc) is 2.97. The lowest BCUT2D eigenvalue weighted by atomic mass is 10.0. The fourth-order valence-corrected chi connectivity index (χ4v) is 3.73. The number of benzene rings is 1. The quantitative estimate of drug-likeness (QED) is 0.515. The summed E-state index contributed by atoms with van der Waals surface area (Å²) in [5.41, 5.74) is 1.70. The SMILES string of the molecule is CC(=O)C[C@@H](C)/C=C/c1ccc(Oc2ccc3sc(C)nc3c2Cl)nc1. The number of carbonyl (C=O) groups excluding carboxylic acids is 1. The van der Waals surface area contributed by atoms with Gasteiger partial charge in [0.1, 0.15) is 22.1 Å². The summed E-state index contributed by atoms with van der Waals surface area (Å²) in [5.74, 6) is 1.39. The number of carbonyl (C=O) groups is 1. The molecule has 0 saturated carbocycles. The monoisotopic (exact) mass is 386 g/mol. The van der Waals surface area contributed by atoms with E-state index in [4.69, 9.17) is 16.3 Å². The van der Waals surface area contributed by atoms with E-state index < -0.39 is 0 Å². The Morgan fingerprint density at radius 1 is 1.35 bits per heavy atom. The number of ether oxygens (including phenoxy) is 1. The second kappa shape index (κ2) is 7.98. The maximum Gasteiger partial charge on any atom is 0.219 e. The number of ketones is 1. The van der Waals surface area contributed by atoms with E-state index in [0.29, 0.717) is 23.1 Å². The molecule has 0 aliphatic rings. The molecule has 1 atom stereocenters. The summed E-state index contributed by atoms with van der Waals surface area (Å²) in [6.45, 7) is 5.57. The van der Waals surface area contributed by atoms with E-state index in [9.17, 15) is 4.79 Å². The van der Waals surface area contributed by atoms with E-state index in [1.54, 1.807) is 30.5 Å². The van der Waals surface area contributed by atoms with Crippen LogP contribution in [-0.4, -0.2) is 15.8 Å². The normalized spacial score (nSPS) is 12.6. The molecule has 3 aromatic rings. The van der Waals surface area contributed by atoms with E-state index in [2.05, 4.69) is 9.97 Å². The van der Waals surface area contributed by atoms with Crippen molar-refractivity contribution in [3.05, 3.63) is 52.1 Å². The summed E-state index contributed by atoms with van der Waals surface area (Å²) in [6.07, 6.45) is 6.24. The maximum atomic E-state index is 11.1. The van der Waals surface area contributed by atoms with Gasteiger partial charge in [-0.25, -0.2) is 9.97 Å². The van der Waals surface area contributed by atoms with E-state index in [1.165, 1.54) is 0 Å². The number of aryl methyl sites for hydroxylation is 1. The number of halogens is 1. The molecule has 1 aromatic carbocycles. The van der Waals surface area contributed by atoms with Gasteiger partial charge in [-0.15, -0.1) is 11.3 Å². The molecule has 0 spiro atoms. The summed E-state index contributed by atoms with van der Waals surface area (Å²) in [7, 11) is 0. The molecule has 0 unspecified atom stereocenters. The van der Waals surface area contributed by atoms with Crippen molar-refractivity contribution in [1.29, 1.82) is 0 Å². The summed E-state index contributed by atoms with van der Waals surface area (Å²) in [5, 5.41) is 1.46. The Balaban J connectivity index is 1.72. The second-order valence-corrected chi connectivity index (χ2v) is 7.84. The molecule has 0 aliphatic carbocycles. The molecule has 0 aliphatic heterocycles. The first-order valence-corrected chi connectivity index (χ1v) is 9.49. The topological polar surface area (TPSA) is 52.1 Å². The maximum absolute atomic E-state index is 11.1. The highest BCUT2D eigenvalue weighted by atomic mass is 35.5. The average molecular weight is 387 g/mol. The standard InChI is InChI=1S/C20H19ClN2O2S/c1-12(10-13(2)24)4-5-15-6-9-18(22-11-15)25-16-7-8-17-20(19(16)21)23-14(3)26-17/h4-9,11-12H,10H2,1-3H3/b5-4+/t12-/m0/s1. The van der Waals surface area contributed by atoms with E-state index in [-0.39, 0.29) is 11.7 Å². The molecule has 2 heterocycles. The lowest BCUT2D eigenvalue weighted by Gasteiger charge is -2.07. The van der Waals surface area contributed by atoms with Gasteiger partial charge in [-0.3, -0.25) is 0 Å². The van der Waals surface area contributed by atoms with Crippen LogP contribution in [0.15, 0.2) is 36.5 Å². The highest BCUT2D eigenvalue weighted by molar-refractivity contribution is 7.18. The molecular formula is C20H19ClN2O2S. The molecule has 6 heteroatoms. The minimum atomic E-state index is 0.188. The van der Waals surface area contributed by atoms with Gasteiger partial charge >= 0.3 is 0 Å². The fourth-order valence-electron chi connectivity index (χ4n) is 2.59. The smallest absolute Gasteiger partial charge is 0.219 e. The zero-order valence-corrected chi connectivity index (χ0v) is 16.4. The van der Waals surface area contributed by atoms with E-state index in [1.807, 2.05) is 44.2 Å².